The Balaban J connectivity index is 3.22. The summed E-state index contributed by atoms with van der Waals surface area (Å²) >= 11 is 0. The number of carboxylic acids is 1. The van der Waals surface area contributed by atoms with Gasteiger partial charge in [0.25, 0.3) is 0 Å². The summed E-state index contributed by atoms with van der Waals surface area (Å²) in [4.78, 5) is 10.5. The molecular weight excluding hydrogens is 228 g/mol. The van der Waals surface area contributed by atoms with Gasteiger partial charge in [-0.25, -0.2) is 4.79 Å². The third-order valence-electron chi connectivity index (χ3n) is 2.44. The van der Waals surface area contributed by atoms with E-state index in [1.165, 1.54) is 6.08 Å². The largest absolute Gasteiger partial charge is 0.507 e. The molecule has 0 atom stereocenters. The van der Waals surface area contributed by atoms with Gasteiger partial charge in [0.05, 0.1) is 0 Å². The number of carboxylic acid groups (broad SMARTS) is 1. The number of carbonyl (C=O) groups is 1. The zero-order valence-corrected chi connectivity index (χ0v) is 10.1. The Morgan fingerprint density at radius 1 is 1.17 bits per heavy atom. The highest BCUT2D eigenvalue weighted by Crippen LogP contribution is 2.26. The molecule has 1 aromatic carbocycles. The van der Waals surface area contributed by atoms with Gasteiger partial charge in [0, 0.05) is 6.08 Å². The van der Waals surface area contributed by atoms with E-state index in [1.807, 2.05) is 0 Å². The van der Waals surface area contributed by atoms with E-state index in [0.29, 0.717) is 12.8 Å². The zero-order chi connectivity index (χ0) is 13.5. The number of phenolic OH excluding ortho intramolecular Hbond substituents is 1. The molecule has 0 aliphatic heterocycles. The average molecular weight is 244 g/mol. The molecule has 1 aromatic rings. The molecule has 0 aliphatic carbocycles. The maximum atomic E-state index is 10.5. The number of benzene rings is 1. The second kappa shape index (κ2) is 6.45. The van der Waals surface area contributed by atoms with Gasteiger partial charge in [0.1, 0.15) is 5.75 Å². The highest BCUT2D eigenvalue weighted by Gasteiger charge is 2.07. The van der Waals surface area contributed by atoms with Gasteiger partial charge in [-0.1, -0.05) is 12.2 Å². The molecule has 2 N–H and O–H groups in total. The van der Waals surface area contributed by atoms with Gasteiger partial charge >= 0.3 is 5.97 Å². The minimum atomic E-state index is -1.00. The molecule has 0 heterocycles. The Bertz CT molecular complexity index is 467. The van der Waals surface area contributed by atoms with Gasteiger partial charge in [-0.05, 0) is 47.7 Å². The Labute approximate surface area is 106 Å². The molecule has 0 bridgehead atoms. The lowest BCUT2D eigenvalue weighted by Gasteiger charge is -2.09. The van der Waals surface area contributed by atoms with Crippen LogP contribution in [0.25, 0.3) is 6.08 Å². The monoisotopic (exact) mass is 244 g/mol. The summed E-state index contributed by atoms with van der Waals surface area (Å²) in [6, 6.07) is 3.51. The van der Waals surface area contributed by atoms with Crippen LogP contribution in [0.5, 0.6) is 5.75 Å². The van der Waals surface area contributed by atoms with Crippen molar-refractivity contribution in [2.24, 2.45) is 0 Å². The molecule has 0 amide bonds. The van der Waals surface area contributed by atoms with E-state index < -0.39 is 5.97 Å². The minimum absolute atomic E-state index is 0.224. The van der Waals surface area contributed by atoms with Crippen LogP contribution in [-0.4, -0.2) is 16.2 Å². The second-order valence-corrected chi connectivity index (χ2v) is 3.84. The summed E-state index contributed by atoms with van der Waals surface area (Å²) in [6.07, 6.45) is 7.02. The van der Waals surface area contributed by atoms with Gasteiger partial charge in [-0.2, -0.15) is 0 Å². The fourth-order valence-electron chi connectivity index (χ4n) is 1.67. The Morgan fingerprint density at radius 3 is 2.06 bits per heavy atom. The summed E-state index contributed by atoms with van der Waals surface area (Å²) in [6.45, 7) is 7.27. The number of hydrogen-bond donors (Lipinski definition) is 2. The van der Waals surface area contributed by atoms with Crippen LogP contribution in [0, 0.1) is 0 Å². The van der Waals surface area contributed by atoms with Gasteiger partial charge < -0.3 is 10.2 Å². The first-order chi connectivity index (χ1) is 8.58. The predicted molar refractivity (Wildman–Crippen MR) is 72.6 cm³/mol. The zero-order valence-electron chi connectivity index (χ0n) is 10.1. The summed E-state index contributed by atoms with van der Waals surface area (Å²) in [7, 11) is 0. The summed E-state index contributed by atoms with van der Waals surface area (Å²) in [5.74, 6) is -0.777. The number of rotatable bonds is 6. The molecule has 18 heavy (non-hydrogen) atoms. The maximum absolute atomic E-state index is 10.5. The third-order valence-corrected chi connectivity index (χ3v) is 2.44. The lowest BCUT2D eigenvalue weighted by Crippen LogP contribution is -1.92. The first-order valence-electron chi connectivity index (χ1n) is 5.56. The highest BCUT2D eigenvalue weighted by atomic mass is 16.4. The fraction of sp³-hybridized carbons (Fsp3) is 0.133. The number of aliphatic carboxylic acids is 1. The van der Waals surface area contributed by atoms with Crippen LogP contribution < -0.4 is 0 Å². The third kappa shape index (κ3) is 3.63. The number of phenols is 1. The molecule has 0 unspecified atom stereocenters. The predicted octanol–water partition coefficient (Wildman–Crippen LogP) is 2.95. The Hall–Kier alpha value is -2.29. The smallest absolute Gasteiger partial charge is 0.328 e. The molecule has 0 aromatic heterocycles. The van der Waals surface area contributed by atoms with Crippen molar-refractivity contribution in [2.45, 2.75) is 12.8 Å². The van der Waals surface area contributed by atoms with Gasteiger partial charge in [-0.15, -0.1) is 13.2 Å². The molecule has 0 fully saturated rings. The van der Waals surface area contributed by atoms with E-state index in [1.54, 1.807) is 24.3 Å². The summed E-state index contributed by atoms with van der Waals surface area (Å²) in [5.41, 5.74) is 2.20. The molecule has 0 spiro atoms. The van der Waals surface area contributed by atoms with Gasteiger partial charge in [0.15, 0.2) is 0 Å². The van der Waals surface area contributed by atoms with Crippen molar-refractivity contribution in [2.75, 3.05) is 0 Å². The van der Waals surface area contributed by atoms with Crippen molar-refractivity contribution < 1.29 is 15.0 Å². The van der Waals surface area contributed by atoms with E-state index in [9.17, 15) is 9.90 Å². The van der Waals surface area contributed by atoms with Crippen LogP contribution in [0.3, 0.4) is 0 Å². The van der Waals surface area contributed by atoms with Crippen LogP contribution in [-0.2, 0) is 17.6 Å². The Morgan fingerprint density at radius 2 is 1.67 bits per heavy atom. The molecule has 0 saturated heterocycles. The molecule has 94 valence electrons. The van der Waals surface area contributed by atoms with E-state index in [4.69, 9.17) is 5.11 Å². The van der Waals surface area contributed by atoms with Crippen LogP contribution in [0.2, 0.25) is 0 Å². The van der Waals surface area contributed by atoms with Crippen LogP contribution in [0.1, 0.15) is 16.7 Å². The molecule has 0 saturated carbocycles. The van der Waals surface area contributed by atoms with Crippen molar-refractivity contribution in [1.29, 1.82) is 0 Å². The number of allylic oxidation sites excluding steroid dienone is 2. The molecule has 3 heteroatoms. The SMILES string of the molecule is C=CCc1cc(/C=C/C(=O)O)cc(CC=C)c1O. The standard InChI is InChI=1S/C15H16O3/c1-3-5-12-9-11(7-8-14(16)17)10-13(6-4-2)15(12)18/h3-4,7-10,18H,1-2,5-6H2,(H,16,17)/b8-7+. The molecule has 0 aliphatic rings. The Kier molecular flexibility index (Phi) is 4.93. The van der Waals surface area contributed by atoms with E-state index in [-0.39, 0.29) is 5.75 Å². The first kappa shape index (κ1) is 13.8. The van der Waals surface area contributed by atoms with E-state index in [2.05, 4.69) is 13.2 Å². The first-order valence-corrected chi connectivity index (χ1v) is 5.56. The average Bonchev–Trinajstić information content (AvgIpc) is 2.32. The highest BCUT2D eigenvalue weighted by molar-refractivity contribution is 5.85. The fourth-order valence-corrected chi connectivity index (χ4v) is 1.67. The molecular formula is C15H16O3. The lowest BCUT2D eigenvalue weighted by molar-refractivity contribution is -0.131. The van der Waals surface area contributed by atoms with Gasteiger partial charge in [-0.3, -0.25) is 0 Å². The topological polar surface area (TPSA) is 57.5 Å². The lowest BCUT2D eigenvalue weighted by atomic mass is 9.99. The maximum Gasteiger partial charge on any atom is 0.328 e. The van der Waals surface area contributed by atoms with Crippen molar-refractivity contribution in [3.8, 4) is 5.75 Å². The van der Waals surface area contributed by atoms with E-state index in [0.717, 1.165) is 22.8 Å². The quantitative estimate of drug-likeness (QED) is 0.597. The molecule has 3 nitrogen and oxygen atoms in total. The van der Waals surface area contributed by atoms with Crippen molar-refractivity contribution in [3.63, 3.8) is 0 Å². The van der Waals surface area contributed by atoms with Crippen molar-refractivity contribution in [1.82, 2.24) is 0 Å². The normalized spacial score (nSPS) is 10.4. The van der Waals surface area contributed by atoms with E-state index >= 15 is 0 Å². The van der Waals surface area contributed by atoms with Crippen molar-refractivity contribution in [3.05, 3.63) is 60.2 Å². The molecule has 0 radical (unpaired) electrons. The van der Waals surface area contributed by atoms with Crippen LogP contribution in [0.15, 0.2) is 43.5 Å². The van der Waals surface area contributed by atoms with Crippen LogP contribution >= 0.6 is 0 Å². The number of aromatic hydroxyl groups is 1. The minimum Gasteiger partial charge on any atom is -0.507 e. The molecule has 1 rings (SSSR count). The van der Waals surface area contributed by atoms with Gasteiger partial charge in [0.2, 0.25) is 0 Å². The summed E-state index contributed by atoms with van der Waals surface area (Å²) in [5, 5.41) is 18.6. The number of hydrogen-bond acceptors (Lipinski definition) is 2. The second-order valence-electron chi connectivity index (χ2n) is 3.84. The van der Waals surface area contributed by atoms with Crippen molar-refractivity contribution >= 4 is 12.0 Å². The summed E-state index contributed by atoms with van der Waals surface area (Å²) < 4.78 is 0. The van der Waals surface area contributed by atoms with Crippen LogP contribution in [0.4, 0.5) is 0 Å².